The highest BCUT2D eigenvalue weighted by molar-refractivity contribution is 5.71. The maximum atomic E-state index is 11.1. The van der Waals surface area contributed by atoms with E-state index in [4.69, 9.17) is 5.11 Å². The molecule has 14 heavy (non-hydrogen) atoms. The Bertz CT molecular complexity index is 276. The van der Waals surface area contributed by atoms with Crippen LogP contribution in [0.3, 0.4) is 0 Å². The molecule has 4 aliphatic rings. The average Bonchev–Trinajstić information content (AvgIpc) is 2.12. The number of aliphatic carboxylic acids is 1. The summed E-state index contributed by atoms with van der Waals surface area (Å²) in [5.74, 6) is 0.605. The molecule has 0 radical (unpaired) electrons. The SMILES string of the molecule is O=C(O)[C@@H]1[C@@H]2C[C@@H]3C[C@@H](C2)[C@H](O)[C@@H]1C3. The molecule has 78 valence electrons. The van der Waals surface area contributed by atoms with Crippen LogP contribution in [0.1, 0.15) is 25.7 Å². The first-order valence-electron chi connectivity index (χ1n) is 5.57. The monoisotopic (exact) mass is 196 g/mol. The first kappa shape index (κ1) is 8.72. The molecule has 4 saturated carbocycles. The summed E-state index contributed by atoms with van der Waals surface area (Å²) in [4.78, 5) is 11.1. The van der Waals surface area contributed by atoms with Crippen LogP contribution in [0.4, 0.5) is 0 Å². The van der Waals surface area contributed by atoms with Crippen LogP contribution >= 0.6 is 0 Å². The Hall–Kier alpha value is -0.570. The lowest BCUT2D eigenvalue weighted by Gasteiger charge is -2.55. The van der Waals surface area contributed by atoms with E-state index in [1.54, 1.807) is 0 Å². The predicted octanol–water partition coefficient (Wildman–Crippen LogP) is 1.11. The van der Waals surface area contributed by atoms with E-state index in [9.17, 15) is 9.90 Å². The predicted molar refractivity (Wildman–Crippen MR) is 49.6 cm³/mol. The molecule has 4 aliphatic carbocycles. The summed E-state index contributed by atoms with van der Waals surface area (Å²) in [6.45, 7) is 0. The minimum absolute atomic E-state index is 0.0590. The quantitative estimate of drug-likeness (QED) is 0.660. The van der Waals surface area contributed by atoms with Crippen molar-refractivity contribution in [3.63, 3.8) is 0 Å². The van der Waals surface area contributed by atoms with Crippen LogP contribution in [-0.4, -0.2) is 22.3 Å². The van der Waals surface area contributed by atoms with Gasteiger partial charge in [0.05, 0.1) is 12.0 Å². The van der Waals surface area contributed by atoms with Gasteiger partial charge in [-0.3, -0.25) is 4.79 Å². The summed E-state index contributed by atoms with van der Waals surface area (Å²) in [5.41, 5.74) is 0. The second kappa shape index (κ2) is 2.72. The molecule has 0 heterocycles. The molecule has 6 atom stereocenters. The number of hydrogen-bond donors (Lipinski definition) is 2. The van der Waals surface area contributed by atoms with Gasteiger partial charge in [-0.1, -0.05) is 0 Å². The largest absolute Gasteiger partial charge is 0.481 e. The van der Waals surface area contributed by atoms with Gasteiger partial charge in [-0.2, -0.15) is 0 Å². The van der Waals surface area contributed by atoms with Crippen molar-refractivity contribution in [1.82, 2.24) is 0 Å². The van der Waals surface area contributed by atoms with E-state index >= 15 is 0 Å². The standard InChI is InChI=1S/C11H16O3/c12-10-7-2-5-1-6(4-7)9(11(13)14)8(10)3-5/h5-10,12H,1-4H2,(H,13,14)/t5-,6-,7+,8-,9-,10+/m1/s1. The molecule has 0 unspecified atom stereocenters. The van der Waals surface area contributed by atoms with Crippen LogP contribution in [0, 0.1) is 29.6 Å². The maximum Gasteiger partial charge on any atom is 0.307 e. The molecule has 4 rings (SSSR count). The molecule has 0 aromatic heterocycles. The summed E-state index contributed by atoms with van der Waals surface area (Å²) in [5, 5.41) is 19.1. The molecular formula is C11H16O3. The molecule has 4 bridgehead atoms. The van der Waals surface area contributed by atoms with Crippen molar-refractivity contribution in [2.45, 2.75) is 31.8 Å². The molecule has 0 saturated heterocycles. The Labute approximate surface area is 83.1 Å². The lowest BCUT2D eigenvalue weighted by Crippen LogP contribution is -2.55. The summed E-state index contributed by atoms with van der Waals surface area (Å²) in [6, 6.07) is 0. The lowest BCUT2D eigenvalue weighted by molar-refractivity contribution is -0.171. The first-order valence-corrected chi connectivity index (χ1v) is 5.57. The van der Waals surface area contributed by atoms with Gasteiger partial charge in [0, 0.05) is 0 Å². The van der Waals surface area contributed by atoms with Crippen LogP contribution in [-0.2, 0) is 4.79 Å². The van der Waals surface area contributed by atoms with Crippen molar-refractivity contribution in [3.05, 3.63) is 0 Å². The fourth-order valence-corrected chi connectivity index (χ4v) is 4.27. The van der Waals surface area contributed by atoms with Gasteiger partial charge in [0.1, 0.15) is 0 Å². The van der Waals surface area contributed by atoms with E-state index in [1.165, 1.54) is 0 Å². The Balaban J connectivity index is 1.93. The van der Waals surface area contributed by atoms with Gasteiger partial charge >= 0.3 is 5.97 Å². The van der Waals surface area contributed by atoms with Crippen molar-refractivity contribution >= 4 is 5.97 Å². The number of carboxylic acid groups (broad SMARTS) is 1. The van der Waals surface area contributed by atoms with Gasteiger partial charge in [-0.25, -0.2) is 0 Å². The molecule has 0 amide bonds. The minimum atomic E-state index is -0.683. The number of carboxylic acids is 1. The molecule has 0 aliphatic heterocycles. The minimum Gasteiger partial charge on any atom is -0.481 e. The fraction of sp³-hybridized carbons (Fsp3) is 0.909. The van der Waals surface area contributed by atoms with Crippen molar-refractivity contribution in [1.29, 1.82) is 0 Å². The number of aliphatic hydroxyl groups is 1. The van der Waals surface area contributed by atoms with E-state index in [2.05, 4.69) is 0 Å². The number of carbonyl (C=O) groups is 1. The Morgan fingerprint density at radius 2 is 1.79 bits per heavy atom. The zero-order valence-corrected chi connectivity index (χ0v) is 8.10. The highest BCUT2D eigenvalue weighted by Crippen LogP contribution is 2.56. The second-order valence-electron chi connectivity index (χ2n) is 5.35. The van der Waals surface area contributed by atoms with Gasteiger partial charge < -0.3 is 10.2 Å². The molecule has 0 aromatic rings. The highest BCUT2D eigenvalue weighted by atomic mass is 16.4. The smallest absolute Gasteiger partial charge is 0.307 e. The Morgan fingerprint density at radius 1 is 1.07 bits per heavy atom. The summed E-state index contributed by atoms with van der Waals surface area (Å²) in [7, 11) is 0. The third kappa shape index (κ3) is 0.991. The van der Waals surface area contributed by atoms with Gasteiger partial charge in [-0.15, -0.1) is 0 Å². The number of aliphatic hydroxyl groups excluding tert-OH is 1. The molecule has 3 nitrogen and oxygen atoms in total. The van der Waals surface area contributed by atoms with Crippen molar-refractivity contribution < 1.29 is 15.0 Å². The van der Waals surface area contributed by atoms with Crippen LogP contribution in [0.5, 0.6) is 0 Å². The normalized spacial score (nSPS) is 54.9. The molecular weight excluding hydrogens is 180 g/mol. The van der Waals surface area contributed by atoms with Gasteiger partial charge in [0.25, 0.3) is 0 Å². The summed E-state index contributed by atoms with van der Waals surface area (Å²) in [6.07, 6.45) is 3.80. The zero-order chi connectivity index (χ0) is 9.87. The van der Waals surface area contributed by atoms with Crippen molar-refractivity contribution in [2.24, 2.45) is 29.6 Å². The van der Waals surface area contributed by atoms with E-state index in [1.807, 2.05) is 0 Å². The molecule has 2 N–H and O–H groups in total. The molecule has 0 spiro atoms. The van der Waals surface area contributed by atoms with E-state index in [0.717, 1.165) is 25.7 Å². The summed E-state index contributed by atoms with van der Waals surface area (Å²) < 4.78 is 0. The van der Waals surface area contributed by atoms with E-state index < -0.39 is 5.97 Å². The first-order chi connectivity index (χ1) is 6.66. The Kier molecular flexibility index (Phi) is 1.69. The van der Waals surface area contributed by atoms with Crippen LogP contribution in [0.2, 0.25) is 0 Å². The number of rotatable bonds is 1. The highest BCUT2D eigenvalue weighted by Gasteiger charge is 2.55. The van der Waals surface area contributed by atoms with Crippen molar-refractivity contribution in [3.8, 4) is 0 Å². The van der Waals surface area contributed by atoms with Gasteiger partial charge in [-0.05, 0) is 49.4 Å². The number of hydrogen-bond acceptors (Lipinski definition) is 2. The van der Waals surface area contributed by atoms with Gasteiger partial charge in [0.2, 0.25) is 0 Å². The second-order valence-corrected chi connectivity index (χ2v) is 5.35. The van der Waals surface area contributed by atoms with Crippen molar-refractivity contribution in [2.75, 3.05) is 0 Å². The third-order valence-corrected chi connectivity index (χ3v) is 4.66. The van der Waals surface area contributed by atoms with Crippen LogP contribution in [0.25, 0.3) is 0 Å². The van der Waals surface area contributed by atoms with Crippen LogP contribution < -0.4 is 0 Å². The third-order valence-electron chi connectivity index (χ3n) is 4.66. The molecule has 0 aromatic carbocycles. The van der Waals surface area contributed by atoms with Crippen LogP contribution in [0.15, 0.2) is 0 Å². The molecule has 4 fully saturated rings. The fourth-order valence-electron chi connectivity index (χ4n) is 4.27. The molecule has 3 heteroatoms. The topological polar surface area (TPSA) is 57.5 Å². The van der Waals surface area contributed by atoms with E-state index in [0.29, 0.717) is 17.8 Å². The van der Waals surface area contributed by atoms with E-state index in [-0.39, 0.29) is 17.9 Å². The summed E-state index contributed by atoms with van der Waals surface area (Å²) >= 11 is 0. The van der Waals surface area contributed by atoms with Gasteiger partial charge in [0.15, 0.2) is 0 Å². The maximum absolute atomic E-state index is 11.1. The average molecular weight is 196 g/mol. The Morgan fingerprint density at radius 3 is 2.50 bits per heavy atom. The lowest BCUT2D eigenvalue weighted by atomic mass is 9.50. The zero-order valence-electron chi connectivity index (χ0n) is 8.10.